The van der Waals surface area contributed by atoms with E-state index in [0.717, 1.165) is 18.4 Å². The molecular formula is C19H16ClFN4O2S. The molecule has 144 valence electrons. The van der Waals surface area contributed by atoms with Crippen molar-refractivity contribution in [3.05, 3.63) is 64.9 Å². The SMILES string of the molecule is Nc1cccc(S(=O)(=O)Nc2ccc(Cl)c(-c3cc(F)ccc3C3CC3)n2)n1. The topological polar surface area (TPSA) is 98.0 Å². The fraction of sp³-hybridized carbons (Fsp3) is 0.158. The number of nitrogens with zero attached hydrogens (tertiary/aromatic N) is 2. The normalized spacial score (nSPS) is 14.1. The van der Waals surface area contributed by atoms with Crippen LogP contribution in [0, 0.1) is 5.82 Å². The van der Waals surface area contributed by atoms with E-state index in [1.165, 1.54) is 42.5 Å². The van der Waals surface area contributed by atoms with Gasteiger partial charge >= 0.3 is 0 Å². The van der Waals surface area contributed by atoms with E-state index < -0.39 is 15.8 Å². The highest BCUT2D eigenvalue weighted by Crippen LogP contribution is 2.45. The van der Waals surface area contributed by atoms with E-state index in [1.54, 1.807) is 6.07 Å². The Labute approximate surface area is 166 Å². The summed E-state index contributed by atoms with van der Waals surface area (Å²) in [5.41, 5.74) is 7.40. The molecule has 0 saturated heterocycles. The lowest BCUT2D eigenvalue weighted by molar-refractivity contribution is 0.597. The number of nitrogen functional groups attached to an aromatic ring is 1. The molecule has 2 heterocycles. The van der Waals surface area contributed by atoms with Crippen LogP contribution in [0.4, 0.5) is 16.0 Å². The summed E-state index contributed by atoms with van der Waals surface area (Å²) < 4.78 is 41.4. The van der Waals surface area contributed by atoms with Crippen molar-refractivity contribution in [3.8, 4) is 11.3 Å². The van der Waals surface area contributed by atoms with Crippen molar-refractivity contribution in [1.82, 2.24) is 9.97 Å². The van der Waals surface area contributed by atoms with E-state index in [0.29, 0.717) is 22.2 Å². The Hall–Kier alpha value is -2.71. The van der Waals surface area contributed by atoms with Gasteiger partial charge in [0.25, 0.3) is 10.0 Å². The van der Waals surface area contributed by atoms with Gasteiger partial charge in [-0.05, 0) is 60.7 Å². The molecule has 3 aromatic rings. The Balaban J connectivity index is 1.74. The van der Waals surface area contributed by atoms with Crippen LogP contribution >= 0.6 is 11.6 Å². The van der Waals surface area contributed by atoms with Gasteiger partial charge in [0.05, 0.1) is 10.7 Å². The van der Waals surface area contributed by atoms with Crippen molar-refractivity contribution in [3.63, 3.8) is 0 Å². The zero-order valence-electron chi connectivity index (χ0n) is 14.6. The summed E-state index contributed by atoms with van der Waals surface area (Å²) in [4.78, 5) is 8.16. The van der Waals surface area contributed by atoms with Gasteiger partial charge in [0.15, 0.2) is 5.03 Å². The average molecular weight is 419 g/mol. The maximum atomic E-state index is 13.9. The number of benzene rings is 1. The molecule has 1 aliphatic rings. The molecular weight excluding hydrogens is 403 g/mol. The lowest BCUT2D eigenvalue weighted by Gasteiger charge is -2.13. The number of aromatic nitrogens is 2. The second-order valence-corrected chi connectivity index (χ2v) is 8.58. The molecule has 0 atom stereocenters. The highest BCUT2D eigenvalue weighted by Gasteiger charge is 2.28. The molecule has 1 fully saturated rings. The number of sulfonamides is 1. The minimum absolute atomic E-state index is 0.0506. The predicted molar refractivity (Wildman–Crippen MR) is 106 cm³/mol. The summed E-state index contributed by atoms with van der Waals surface area (Å²) in [5, 5.41) is 0.0766. The first-order chi connectivity index (χ1) is 13.3. The first kappa shape index (κ1) is 18.6. The van der Waals surface area contributed by atoms with Gasteiger partial charge in [-0.25, -0.2) is 14.4 Å². The Morgan fingerprint density at radius 1 is 1.11 bits per heavy atom. The molecule has 1 aromatic carbocycles. The maximum Gasteiger partial charge on any atom is 0.280 e. The number of rotatable bonds is 5. The van der Waals surface area contributed by atoms with Crippen LogP contribution in [0.3, 0.4) is 0 Å². The first-order valence-corrected chi connectivity index (χ1v) is 10.4. The zero-order chi connectivity index (χ0) is 19.9. The van der Waals surface area contributed by atoms with Gasteiger partial charge in [0.2, 0.25) is 0 Å². The molecule has 0 bridgehead atoms. The Kier molecular flexibility index (Phi) is 4.68. The van der Waals surface area contributed by atoms with Gasteiger partial charge in [-0.1, -0.05) is 23.7 Å². The van der Waals surface area contributed by atoms with Crippen LogP contribution in [-0.2, 0) is 10.0 Å². The summed E-state index contributed by atoms with van der Waals surface area (Å²) >= 11 is 6.30. The third-order valence-corrected chi connectivity index (χ3v) is 5.95. The summed E-state index contributed by atoms with van der Waals surface area (Å²) in [6.07, 6.45) is 2.04. The fourth-order valence-corrected chi connectivity index (χ4v) is 4.13. The molecule has 0 aliphatic heterocycles. The molecule has 6 nitrogen and oxygen atoms in total. The molecule has 0 amide bonds. The molecule has 1 saturated carbocycles. The minimum atomic E-state index is -3.99. The van der Waals surface area contributed by atoms with Crippen LogP contribution in [-0.4, -0.2) is 18.4 Å². The van der Waals surface area contributed by atoms with Crippen molar-refractivity contribution < 1.29 is 12.8 Å². The molecule has 1 aliphatic carbocycles. The molecule has 0 spiro atoms. The highest BCUT2D eigenvalue weighted by atomic mass is 35.5. The summed E-state index contributed by atoms with van der Waals surface area (Å²) in [6, 6.07) is 11.8. The van der Waals surface area contributed by atoms with Gasteiger partial charge in [0, 0.05) is 5.56 Å². The molecule has 3 N–H and O–H groups in total. The molecule has 9 heteroatoms. The van der Waals surface area contributed by atoms with Crippen molar-refractivity contribution in [2.75, 3.05) is 10.5 Å². The van der Waals surface area contributed by atoms with Crippen molar-refractivity contribution in [2.45, 2.75) is 23.8 Å². The number of halogens is 2. The van der Waals surface area contributed by atoms with E-state index in [9.17, 15) is 12.8 Å². The van der Waals surface area contributed by atoms with Crippen molar-refractivity contribution >= 4 is 33.3 Å². The number of nitrogens with one attached hydrogen (secondary N) is 1. The van der Waals surface area contributed by atoms with Crippen LogP contribution in [0.2, 0.25) is 5.02 Å². The van der Waals surface area contributed by atoms with Gasteiger partial charge < -0.3 is 5.73 Å². The maximum absolute atomic E-state index is 13.9. The van der Waals surface area contributed by atoms with E-state index in [2.05, 4.69) is 14.7 Å². The predicted octanol–water partition coefficient (Wildman–Crippen LogP) is 4.20. The van der Waals surface area contributed by atoms with Gasteiger partial charge in [-0.15, -0.1) is 0 Å². The lowest BCUT2D eigenvalue weighted by atomic mass is 10.00. The van der Waals surface area contributed by atoms with E-state index in [4.69, 9.17) is 17.3 Å². The Bertz CT molecular complexity index is 1170. The zero-order valence-corrected chi connectivity index (χ0v) is 16.1. The van der Waals surface area contributed by atoms with Crippen LogP contribution < -0.4 is 10.5 Å². The fourth-order valence-electron chi connectivity index (χ4n) is 2.94. The summed E-state index contributed by atoms with van der Waals surface area (Å²) in [5.74, 6) is 0.0635. The van der Waals surface area contributed by atoms with Gasteiger partial charge in [-0.2, -0.15) is 8.42 Å². The van der Waals surface area contributed by atoms with Crippen LogP contribution in [0.15, 0.2) is 53.6 Å². The Morgan fingerprint density at radius 3 is 2.61 bits per heavy atom. The largest absolute Gasteiger partial charge is 0.384 e. The second kappa shape index (κ2) is 7.03. The Morgan fingerprint density at radius 2 is 1.89 bits per heavy atom. The van der Waals surface area contributed by atoms with Crippen LogP contribution in [0.1, 0.15) is 24.3 Å². The first-order valence-electron chi connectivity index (χ1n) is 8.55. The standard InChI is InChI=1S/C19H16ClFN4O2S/c20-15-8-9-17(25-28(26,27)18-3-1-2-16(22)23-18)24-19(15)14-10-12(21)6-7-13(14)11-4-5-11/h1-3,6-11H,4-5H2,(H2,22,23)(H,24,25). The molecule has 0 unspecified atom stereocenters. The molecule has 4 rings (SSSR count). The van der Waals surface area contributed by atoms with Crippen LogP contribution in [0.5, 0.6) is 0 Å². The van der Waals surface area contributed by atoms with Crippen molar-refractivity contribution in [2.24, 2.45) is 0 Å². The molecule has 0 radical (unpaired) electrons. The quantitative estimate of drug-likeness (QED) is 0.647. The van der Waals surface area contributed by atoms with Crippen molar-refractivity contribution in [1.29, 1.82) is 0 Å². The second-order valence-electron chi connectivity index (χ2n) is 6.54. The lowest BCUT2D eigenvalue weighted by Crippen LogP contribution is -2.16. The number of hydrogen-bond donors (Lipinski definition) is 2. The van der Waals surface area contributed by atoms with E-state index in [1.807, 2.05) is 0 Å². The highest BCUT2D eigenvalue weighted by molar-refractivity contribution is 7.92. The summed E-state index contributed by atoms with van der Waals surface area (Å²) in [7, 11) is -3.99. The summed E-state index contributed by atoms with van der Waals surface area (Å²) in [6.45, 7) is 0. The number of hydrogen-bond acceptors (Lipinski definition) is 5. The number of pyridine rings is 2. The van der Waals surface area contributed by atoms with Crippen LogP contribution in [0.25, 0.3) is 11.3 Å². The molecule has 28 heavy (non-hydrogen) atoms. The van der Waals surface area contributed by atoms with E-state index >= 15 is 0 Å². The number of nitrogens with two attached hydrogens (primary N) is 1. The average Bonchev–Trinajstić information content (AvgIpc) is 3.48. The smallest absolute Gasteiger partial charge is 0.280 e. The van der Waals surface area contributed by atoms with E-state index in [-0.39, 0.29) is 16.7 Å². The van der Waals surface area contributed by atoms with Gasteiger partial charge in [0.1, 0.15) is 17.5 Å². The molecule has 2 aromatic heterocycles. The van der Waals surface area contributed by atoms with Gasteiger partial charge in [-0.3, -0.25) is 4.72 Å². The third kappa shape index (κ3) is 3.79. The monoisotopic (exact) mass is 418 g/mol. The minimum Gasteiger partial charge on any atom is -0.384 e. The number of anilines is 2. The third-order valence-electron chi connectivity index (χ3n) is 4.39.